The molecule has 0 bridgehead atoms. The summed E-state index contributed by atoms with van der Waals surface area (Å²) in [5.41, 5.74) is 4.55. The normalized spacial score (nSPS) is 27.0. The van der Waals surface area contributed by atoms with Gasteiger partial charge in [0, 0.05) is 11.0 Å². The van der Waals surface area contributed by atoms with Crippen LogP contribution in [-0.2, 0) is 0 Å². The maximum Gasteiger partial charge on any atom is 0.0944 e. The smallest absolute Gasteiger partial charge is 0.0944 e. The SMILES string of the molecule is CC(C)(C)C1=CC2(C(C)(C)C)SSN=C2C(C(C)(C)C)=C1. The van der Waals surface area contributed by atoms with E-state index in [-0.39, 0.29) is 21.0 Å². The third-order valence-corrected chi connectivity index (χ3v) is 7.11. The molecule has 0 spiro atoms. The van der Waals surface area contributed by atoms with E-state index in [0.29, 0.717) is 0 Å². The molecule has 0 radical (unpaired) electrons. The van der Waals surface area contributed by atoms with Crippen molar-refractivity contribution in [2.45, 2.75) is 67.1 Å². The van der Waals surface area contributed by atoms with Crippen molar-refractivity contribution in [3.05, 3.63) is 23.3 Å². The monoisotopic (exact) mass is 323 g/mol. The van der Waals surface area contributed by atoms with Crippen molar-refractivity contribution in [2.75, 3.05) is 0 Å². The van der Waals surface area contributed by atoms with Gasteiger partial charge in [0.15, 0.2) is 0 Å². The van der Waals surface area contributed by atoms with Crippen LogP contribution in [0.1, 0.15) is 62.3 Å². The standard InChI is InChI=1S/C18H29NS2/c1-15(2,3)12-10-13(16(4,5)6)14-18(11-12,17(7,8)9)20-21-19-14/h10-11H,1-9H3. The van der Waals surface area contributed by atoms with Gasteiger partial charge in [0.2, 0.25) is 0 Å². The lowest BCUT2D eigenvalue weighted by atomic mass is 9.65. The Morgan fingerprint density at radius 2 is 1.48 bits per heavy atom. The van der Waals surface area contributed by atoms with E-state index < -0.39 is 0 Å². The summed E-state index contributed by atoms with van der Waals surface area (Å²) in [4.78, 5) is 0. The predicted octanol–water partition coefficient (Wildman–Crippen LogP) is 6.48. The molecule has 0 aromatic carbocycles. The molecule has 118 valence electrons. The molecule has 3 heteroatoms. The molecular formula is C18H29NS2. The first kappa shape index (κ1) is 17.2. The molecule has 1 aliphatic carbocycles. The number of fused-ring (bicyclic) bond motifs is 1. The van der Waals surface area contributed by atoms with Gasteiger partial charge in [-0.15, -0.1) is 0 Å². The highest BCUT2D eigenvalue weighted by atomic mass is 33.1. The molecule has 1 nitrogen and oxygen atoms in total. The average Bonchev–Trinajstić information content (AvgIpc) is 2.68. The van der Waals surface area contributed by atoms with E-state index in [1.807, 2.05) is 10.8 Å². The fraction of sp³-hybridized carbons (Fsp3) is 0.722. The van der Waals surface area contributed by atoms with Crippen LogP contribution in [0.2, 0.25) is 0 Å². The summed E-state index contributed by atoms with van der Waals surface area (Å²) in [6, 6.07) is 0. The lowest BCUT2D eigenvalue weighted by Crippen LogP contribution is -2.48. The summed E-state index contributed by atoms with van der Waals surface area (Å²) in [6.07, 6.45) is 4.89. The molecule has 1 heterocycles. The highest BCUT2D eigenvalue weighted by molar-refractivity contribution is 8.77. The molecular weight excluding hydrogens is 294 g/mol. The zero-order valence-electron chi connectivity index (χ0n) is 14.9. The van der Waals surface area contributed by atoms with Gasteiger partial charge < -0.3 is 0 Å². The summed E-state index contributed by atoms with van der Waals surface area (Å²) in [5, 5.41) is 0. The molecule has 2 aliphatic rings. The lowest BCUT2D eigenvalue weighted by Gasteiger charge is -2.45. The van der Waals surface area contributed by atoms with Gasteiger partial charge in [-0.25, -0.2) is 4.40 Å². The van der Waals surface area contributed by atoms with Gasteiger partial charge >= 0.3 is 0 Å². The molecule has 0 N–H and O–H groups in total. The van der Waals surface area contributed by atoms with E-state index >= 15 is 0 Å². The van der Waals surface area contributed by atoms with Crippen molar-refractivity contribution in [3.63, 3.8) is 0 Å². The van der Waals surface area contributed by atoms with Gasteiger partial charge in [-0.05, 0) is 27.4 Å². The molecule has 0 aromatic heterocycles. The molecule has 0 saturated heterocycles. The van der Waals surface area contributed by atoms with E-state index in [4.69, 9.17) is 4.40 Å². The molecule has 1 atom stereocenters. The number of hydrogen-bond acceptors (Lipinski definition) is 3. The van der Waals surface area contributed by atoms with Crippen LogP contribution in [0.3, 0.4) is 0 Å². The first-order valence-electron chi connectivity index (χ1n) is 7.68. The highest BCUT2D eigenvalue weighted by Gasteiger charge is 2.53. The Labute approximate surface area is 138 Å². The predicted molar refractivity (Wildman–Crippen MR) is 99.9 cm³/mol. The number of hydrogen-bond donors (Lipinski definition) is 0. The van der Waals surface area contributed by atoms with Crippen LogP contribution in [0, 0.1) is 16.2 Å². The maximum absolute atomic E-state index is 4.84. The fourth-order valence-electron chi connectivity index (χ4n) is 2.75. The first-order chi connectivity index (χ1) is 9.29. The summed E-state index contributed by atoms with van der Waals surface area (Å²) in [6.45, 7) is 20.8. The van der Waals surface area contributed by atoms with E-state index in [2.05, 4.69) is 74.5 Å². The van der Waals surface area contributed by atoms with E-state index in [1.165, 1.54) is 16.9 Å². The number of nitrogens with zero attached hydrogens (tertiary/aromatic N) is 1. The van der Waals surface area contributed by atoms with Crippen LogP contribution in [0.4, 0.5) is 0 Å². The van der Waals surface area contributed by atoms with Crippen LogP contribution in [0.25, 0.3) is 0 Å². The summed E-state index contributed by atoms with van der Waals surface area (Å²) in [5.74, 6) is 0. The van der Waals surface area contributed by atoms with Crippen LogP contribution in [0.5, 0.6) is 0 Å². The lowest BCUT2D eigenvalue weighted by molar-refractivity contribution is 0.380. The topological polar surface area (TPSA) is 12.4 Å². The van der Waals surface area contributed by atoms with E-state index in [9.17, 15) is 0 Å². The molecule has 21 heavy (non-hydrogen) atoms. The Morgan fingerprint density at radius 1 is 0.905 bits per heavy atom. The molecule has 0 saturated carbocycles. The maximum atomic E-state index is 4.84. The van der Waals surface area contributed by atoms with Crippen molar-refractivity contribution >= 4 is 27.5 Å². The minimum Gasteiger partial charge on any atom is -0.207 e. The third-order valence-electron chi connectivity index (χ3n) is 4.35. The van der Waals surface area contributed by atoms with Crippen molar-refractivity contribution in [2.24, 2.45) is 20.6 Å². The van der Waals surface area contributed by atoms with Gasteiger partial charge in [0.25, 0.3) is 0 Å². The van der Waals surface area contributed by atoms with Crippen LogP contribution in [0.15, 0.2) is 27.7 Å². The minimum atomic E-state index is -0.0162. The van der Waals surface area contributed by atoms with Crippen molar-refractivity contribution in [1.82, 2.24) is 0 Å². The molecule has 1 aliphatic heterocycles. The Hall–Kier alpha value is -0.150. The van der Waals surface area contributed by atoms with Gasteiger partial charge in [0.05, 0.1) is 10.5 Å². The Bertz CT molecular complexity index is 533. The molecule has 0 aromatic rings. The van der Waals surface area contributed by atoms with Crippen LogP contribution < -0.4 is 0 Å². The number of allylic oxidation sites excluding steroid dienone is 3. The highest BCUT2D eigenvalue weighted by Crippen LogP contribution is 2.60. The first-order valence-corrected chi connectivity index (χ1v) is 9.79. The molecule has 0 fully saturated rings. The second-order valence-corrected chi connectivity index (χ2v) is 11.3. The van der Waals surface area contributed by atoms with Gasteiger partial charge in [-0.2, -0.15) is 0 Å². The Balaban J connectivity index is 2.72. The van der Waals surface area contributed by atoms with Crippen LogP contribution >= 0.6 is 21.8 Å². The molecule has 1 unspecified atom stereocenters. The van der Waals surface area contributed by atoms with Gasteiger partial charge in [0.1, 0.15) is 0 Å². The zero-order chi connectivity index (χ0) is 16.3. The van der Waals surface area contributed by atoms with E-state index in [0.717, 1.165) is 0 Å². The second kappa shape index (κ2) is 4.92. The minimum absolute atomic E-state index is 0.0162. The largest absolute Gasteiger partial charge is 0.207 e. The van der Waals surface area contributed by atoms with Gasteiger partial charge in [-0.1, -0.05) is 85.3 Å². The van der Waals surface area contributed by atoms with E-state index in [1.54, 1.807) is 11.0 Å². The van der Waals surface area contributed by atoms with Crippen LogP contribution in [-0.4, -0.2) is 10.5 Å². The number of rotatable bonds is 0. The quantitative estimate of drug-likeness (QED) is 0.373. The summed E-state index contributed by atoms with van der Waals surface area (Å²) >= 11 is 0. The molecule has 0 amide bonds. The molecule has 2 rings (SSSR count). The van der Waals surface area contributed by atoms with Crippen molar-refractivity contribution in [1.29, 1.82) is 0 Å². The summed E-state index contributed by atoms with van der Waals surface area (Å²) < 4.78 is 4.83. The Morgan fingerprint density at radius 3 is 1.90 bits per heavy atom. The van der Waals surface area contributed by atoms with Crippen molar-refractivity contribution in [3.8, 4) is 0 Å². The second-order valence-electron chi connectivity index (χ2n) is 9.24. The van der Waals surface area contributed by atoms with Crippen molar-refractivity contribution < 1.29 is 0 Å². The van der Waals surface area contributed by atoms with Gasteiger partial charge in [-0.3, -0.25) is 0 Å². The fourth-order valence-corrected chi connectivity index (χ4v) is 5.76. The average molecular weight is 324 g/mol. The zero-order valence-corrected chi connectivity index (χ0v) is 16.6. The third kappa shape index (κ3) is 2.88. The Kier molecular flexibility index (Phi) is 4.03. The summed E-state index contributed by atoms with van der Waals surface area (Å²) in [7, 11) is 3.57.